The van der Waals surface area contributed by atoms with Gasteiger partial charge in [0.05, 0.1) is 6.20 Å². The predicted octanol–water partition coefficient (Wildman–Crippen LogP) is 0.0981. The lowest BCUT2D eigenvalue weighted by atomic mass is 10.1. The largest absolute Gasteiger partial charge is 0.488 e. The van der Waals surface area contributed by atoms with Gasteiger partial charge in [0.1, 0.15) is 11.7 Å². The summed E-state index contributed by atoms with van der Waals surface area (Å²) in [5.41, 5.74) is 5.97. The van der Waals surface area contributed by atoms with Crippen molar-refractivity contribution in [2.75, 3.05) is 5.73 Å². The van der Waals surface area contributed by atoms with Crippen molar-refractivity contribution in [3.05, 3.63) is 24.4 Å². The first kappa shape index (κ1) is 16.8. The van der Waals surface area contributed by atoms with Gasteiger partial charge < -0.3 is 9.92 Å². The molecule has 1 aromatic carbocycles. The molecule has 3 rings (SSSR count). The zero-order chi connectivity index (χ0) is 18.2. The third kappa shape index (κ3) is 3.74. The number of halogens is 1. The average molecular weight is 369 g/mol. The van der Waals surface area contributed by atoms with Crippen molar-refractivity contribution >= 4 is 28.0 Å². The molecule has 2 aromatic rings. The number of hydrogen-bond acceptors (Lipinski definition) is 8. The van der Waals surface area contributed by atoms with Crippen LogP contribution in [0.3, 0.4) is 0 Å². The van der Waals surface area contributed by atoms with E-state index in [1.807, 2.05) is 0 Å². The van der Waals surface area contributed by atoms with Crippen LogP contribution in [0, 0.1) is 0 Å². The molecule has 1 unspecified atom stereocenters. The van der Waals surface area contributed by atoms with E-state index in [0.717, 1.165) is 6.07 Å². The molecular weight excluding hydrogens is 357 g/mol. The Morgan fingerprint density at radius 2 is 2.12 bits per heavy atom. The number of hydrogen-bond donors (Lipinski definition) is 2. The Bertz CT molecular complexity index is 957. The van der Waals surface area contributed by atoms with Crippen LogP contribution in [0.25, 0.3) is 11.3 Å². The molecule has 1 atom stereocenters. The van der Waals surface area contributed by atoms with Crippen molar-refractivity contribution in [2.24, 2.45) is 0 Å². The third-order valence-corrected chi connectivity index (χ3v) is 3.89. The highest BCUT2D eigenvalue weighted by molar-refractivity contribution is 7.81. The van der Waals surface area contributed by atoms with Gasteiger partial charge in [-0.1, -0.05) is 9.10 Å². The van der Waals surface area contributed by atoms with Gasteiger partial charge in [-0.25, -0.2) is 4.68 Å². The highest BCUT2D eigenvalue weighted by atomic mass is 32.3. The molecule has 1 fully saturated rings. The smallest absolute Gasteiger partial charge is 0.399 e. The SMILES string of the molecule is Nc1ccc(-c2cn(C3CCC(=O)NC3=O)nn2)c(OS(=O)(=O)F)c1. The van der Waals surface area contributed by atoms with Crippen LogP contribution < -0.4 is 15.2 Å². The van der Waals surface area contributed by atoms with Gasteiger partial charge in [-0.3, -0.25) is 14.9 Å². The van der Waals surface area contributed by atoms with E-state index in [1.165, 1.54) is 23.0 Å². The summed E-state index contributed by atoms with van der Waals surface area (Å²) in [5, 5.41) is 9.85. The molecule has 0 aliphatic carbocycles. The fourth-order valence-corrected chi connectivity index (χ4v) is 2.77. The second-order valence-corrected chi connectivity index (χ2v) is 6.24. The molecule has 12 heteroatoms. The van der Waals surface area contributed by atoms with Crippen molar-refractivity contribution in [1.29, 1.82) is 0 Å². The van der Waals surface area contributed by atoms with E-state index in [0.29, 0.717) is 0 Å². The Balaban J connectivity index is 1.95. The van der Waals surface area contributed by atoms with Gasteiger partial charge in [-0.2, -0.15) is 8.42 Å². The lowest BCUT2D eigenvalue weighted by Gasteiger charge is -2.20. The molecule has 2 heterocycles. The molecule has 10 nitrogen and oxygen atoms in total. The van der Waals surface area contributed by atoms with E-state index < -0.39 is 22.5 Å². The van der Waals surface area contributed by atoms with Crippen molar-refractivity contribution in [3.8, 4) is 17.0 Å². The molecule has 1 aliphatic heterocycles. The van der Waals surface area contributed by atoms with Crippen LogP contribution >= 0.6 is 0 Å². The molecule has 2 amide bonds. The number of nitrogens with two attached hydrogens (primary N) is 1. The number of imide groups is 1. The van der Waals surface area contributed by atoms with Crippen LogP contribution in [0.1, 0.15) is 18.9 Å². The summed E-state index contributed by atoms with van der Waals surface area (Å²) in [6.07, 6.45) is 1.77. The molecule has 0 saturated carbocycles. The van der Waals surface area contributed by atoms with Crippen LogP contribution in [0.2, 0.25) is 0 Å². The van der Waals surface area contributed by atoms with Crippen molar-refractivity contribution in [3.63, 3.8) is 0 Å². The van der Waals surface area contributed by atoms with E-state index in [2.05, 4.69) is 19.8 Å². The van der Waals surface area contributed by atoms with Crippen LogP contribution in [0.5, 0.6) is 5.75 Å². The summed E-state index contributed by atoms with van der Waals surface area (Å²) in [7, 11) is -5.27. The Hall–Kier alpha value is -3.02. The fraction of sp³-hybridized carbons (Fsp3) is 0.231. The molecule has 0 bridgehead atoms. The predicted molar refractivity (Wildman–Crippen MR) is 81.9 cm³/mol. The first-order valence-electron chi connectivity index (χ1n) is 7.02. The van der Waals surface area contributed by atoms with Crippen molar-refractivity contribution in [1.82, 2.24) is 20.3 Å². The van der Waals surface area contributed by atoms with Gasteiger partial charge in [0.25, 0.3) is 5.91 Å². The van der Waals surface area contributed by atoms with E-state index in [1.54, 1.807) is 0 Å². The number of anilines is 1. The minimum atomic E-state index is -5.27. The lowest BCUT2D eigenvalue weighted by Crippen LogP contribution is -2.41. The minimum absolute atomic E-state index is 0.119. The van der Waals surface area contributed by atoms with Gasteiger partial charge in [0, 0.05) is 23.7 Å². The topological polar surface area (TPSA) is 146 Å². The van der Waals surface area contributed by atoms with Crippen molar-refractivity contribution in [2.45, 2.75) is 18.9 Å². The van der Waals surface area contributed by atoms with E-state index >= 15 is 0 Å². The number of rotatable bonds is 4. The minimum Gasteiger partial charge on any atom is -0.399 e. The number of amides is 2. The summed E-state index contributed by atoms with van der Waals surface area (Å²) in [4.78, 5) is 23.0. The number of aromatic nitrogens is 3. The van der Waals surface area contributed by atoms with Gasteiger partial charge in [-0.15, -0.1) is 5.10 Å². The van der Waals surface area contributed by atoms with Gasteiger partial charge >= 0.3 is 10.5 Å². The molecule has 1 aliphatic rings. The first-order chi connectivity index (χ1) is 11.7. The second-order valence-electron chi connectivity index (χ2n) is 5.28. The maximum atomic E-state index is 12.9. The molecule has 1 aromatic heterocycles. The summed E-state index contributed by atoms with van der Waals surface area (Å²) in [6, 6.07) is 3.21. The Labute approximate surface area is 141 Å². The zero-order valence-corrected chi connectivity index (χ0v) is 13.4. The monoisotopic (exact) mass is 369 g/mol. The molecule has 0 radical (unpaired) electrons. The normalized spacial score (nSPS) is 18.0. The maximum absolute atomic E-state index is 12.9. The summed E-state index contributed by atoms with van der Waals surface area (Å²) in [6.45, 7) is 0. The standard InChI is InChI=1S/C13H12FN5O5S/c14-25(22,23)24-11-5-7(15)1-2-8(11)9-6-19(18-17-9)10-3-4-12(20)16-13(10)21/h1-2,5-6,10H,3-4,15H2,(H,16,20,21). The Morgan fingerprint density at radius 3 is 2.80 bits per heavy atom. The number of piperidine rings is 1. The highest BCUT2D eigenvalue weighted by Gasteiger charge is 2.29. The molecule has 3 N–H and O–H groups in total. The van der Waals surface area contributed by atoms with Crippen LogP contribution in [-0.2, 0) is 20.1 Å². The average Bonchev–Trinajstić information content (AvgIpc) is 2.95. The number of nitrogen functional groups attached to an aromatic ring is 1. The van der Waals surface area contributed by atoms with E-state index in [-0.39, 0.29) is 41.4 Å². The number of benzene rings is 1. The van der Waals surface area contributed by atoms with Crippen LogP contribution in [-0.4, -0.2) is 35.2 Å². The Morgan fingerprint density at radius 1 is 1.36 bits per heavy atom. The fourth-order valence-electron chi connectivity index (χ4n) is 2.41. The maximum Gasteiger partial charge on any atom is 0.488 e. The number of carbonyl (C=O) groups is 2. The van der Waals surface area contributed by atoms with Crippen LogP contribution in [0.15, 0.2) is 24.4 Å². The van der Waals surface area contributed by atoms with E-state index in [9.17, 15) is 21.9 Å². The first-order valence-corrected chi connectivity index (χ1v) is 8.33. The Kier molecular flexibility index (Phi) is 4.12. The molecule has 1 saturated heterocycles. The highest BCUT2D eigenvalue weighted by Crippen LogP contribution is 2.32. The number of carbonyl (C=O) groups excluding carboxylic acids is 2. The van der Waals surface area contributed by atoms with Gasteiger partial charge in [0.15, 0.2) is 5.75 Å². The van der Waals surface area contributed by atoms with Crippen molar-refractivity contribution < 1.29 is 26.1 Å². The van der Waals surface area contributed by atoms with Gasteiger partial charge in [-0.05, 0) is 18.6 Å². The van der Waals surface area contributed by atoms with Crippen LogP contribution in [0.4, 0.5) is 9.57 Å². The van der Waals surface area contributed by atoms with E-state index in [4.69, 9.17) is 5.73 Å². The molecular formula is C13H12FN5O5S. The summed E-state index contributed by atoms with van der Waals surface area (Å²) in [5.74, 6) is -1.25. The zero-order valence-electron chi connectivity index (χ0n) is 12.5. The molecule has 0 spiro atoms. The second kappa shape index (κ2) is 6.12. The third-order valence-electron chi connectivity index (χ3n) is 3.51. The number of nitrogens with one attached hydrogen (secondary N) is 1. The number of nitrogens with zero attached hydrogens (tertiary/aromatic N) is 3. The quantitative estimate of drug-likeness (QED) is 0.438. The summed E-state index contributed by atoms with van der Waals surface area (Å²) >= 11 is 0. The lowest BCUT2D eigenvalue weighted by molar-refractivity contribution is -0.136. The molecule has 132 valence electrons. The summed E-state index contributed by atoms with van der Waals surface area (Å²) < 4.78 is 39.9. The van der Waals surface area contributed by atoms with Gasteiger partial charge in [0.2, 0.25) is 5.91 Å². The molecule has 25 heavy (non-hydrogen) atoms.